The van der Waals surface area contributed by atoms with Crippen molar-refractivity contribution in [3.8, 4) is 0 Å². The normalized spacial score (nSPS) is 26.9. The van der Waals surface area contributed by atoms with E-state index < -0.39 is 124 Å². The summed E-state index contributed by atoms with van der Waals surface area (Å²) in [6.45, 7) is 1.73. The molecule has 0 radical (unpaired) electrons. The molecule has 3 heterocycles. The molecule has 17 atom stereocenters. The molecule has 578 valence electrons. The molecule has 0 saturated carbocycles. The van der Waals surface area contributed by atoms with Crippen LogP contribution < -0.4 is 5.32 Å². The van der Waals surface area contributed by atoms with E-state index in [1.165, 1.54) is 212 Å². The number of carbonyl (C=O) groups excluding carboxylic acids is 1. The molecule has 0 aromatic rings. The molecule has 0 bridgehead atoms. The minimum Gasteiger partial charge on any atom is -0.394 e. The predicted octanol–water partition coefficient (Wildman–Crippen LogP) is 13.1. The van der Waals surface area contributed by atoms with Gasteiger partial charge in [-0.2, -0.15) is 0 Å². The van der Waals surface area contributed by atoms with Crippen LogP contribution in [0, 0.1) is 0 Å². The van der Waals surface area contributed by atoms with Gasteiger partial charge in [-0.3, -0.25) is 4.79 Å². The molecular weight excluding hydrogens is 1260 g/mol. The molecule has 17 unspecified atom stereocenters. The molecule has 3 rings (SSSR count). The van der Waals surface area contributed by atoms with E-state index in [9.17, 15) is 61.0 Å². The van der Waals surface area contributed by atoms with E-state index in [1.54, 1.807) is 6.08 Å². The van der Waals surface area contributed by atoms with E-state index in [0.29, 0.717) is 12.8 Å². The molecule has 12 N–H and O–H groups in total. The van der Waals surface area contributed by atoms with Crippen LogP contribution in [0.5, 0.6) is 0 Å². The zero-order chi connectivity index (χ0) is 71.8. The molecule has 0 spiro atoms. The lowest BCUT2D eigenvalue weighted by atomic mass is 9.96. The Morgan fingerprint density at radius 1 is 0.364 bits per heavy atom. The summed E-state index contributed by atoms with van der Waals surface area (Å²) in [6, 6.07) is -0.999. The van der Waals surface area contributed by atoms with Gasteiger partial charge in [0.25, 0.3) is 0 Å². The van der Waals surface area contributed by atoms with Crippen molar-refractivity contribution in [1.82, 2.24) is 5.32 Å². The Morgan fingerprint density at radius 3 is 1.08 bits per heavy atom. The lowest BCUT2D eigenvalue weighted by Crippen LogP contribution is -2.66. The highest BCUT2D eigenvalue weighted by Gasteiger charge is 2.54. The van der Waals surface area contributed by atoms with Crippen molar-refractivity contribution in [3.05, 3.63) is 60.8 Å². The molecule has 3 aliphatic heterocycles. The largest absolute Gasteiger partial charge is 0.394 e. The fourth-order valence-corrected chi connectivity index (χ4v) is 13.3. The summed E-state index contributed by atoms with van der Waals surface area (Å²) in [5.41, 5.74) is 0. The zero-order valence-electron chi connectivity index (χ0n) is 61.7. The third-order valence-electron chi connectivity index (χ3n) is 19.8. The van der Waals surface area contributed by atoms with Crippen LogP contribution in [0.25, 0.3) is 0 Å². The summed E-state index contributed by atoms with van der Waals surface area (Å²) in [7, 11) is 0. The number of aliphatic hydroxyl groups is 11. The average Bonchev–Trinajstić information content (AvgIpc) is 0.782. The van der Waals surface area contributed by atoms with Crippen LogP contribution >= 0.6 is 0 Å². The number of hydrogen-bond donors (Lipinski definition) is 12. The van der Waals surface area contributed by atoms with Crippen molar-refractivity contribution >= 4 is 5.91 Å². The van der Waals surface area contributed by atoms with E-state index >= 15 is 0 Å². The summed E-state index contributed by atoms with van der Waals surface area (Å²) in [5, 5.41) is 121. The number of carbonyl (C=O) groups is 1. The lowest BCUT2D eigenvalue weighted by molar-refractivity contribution is -0.379. The third kappa shape index (κ3) is 41.1. The van der Waals surface area contributed by atoms with E-state index in [0.717, 1.165) is 64.2 Å². The standard InChI is InChI=1S/C80H145NO18/c1-3-5-7-9-11-13-15-17-19-21-23-25-27-28-29-30-31-32-33-34-36-37-39-41-43-45-47-49-51-53-55-57-64(85)63(81-68(86)58-56-54-52-50-48-46-44-42-40-38-35-26-24-22-20-18-16-14-12-10-8-6-4-2)62-94-78-74(92)71(89)76(66(60-83)96-78)99-80-75(93)72(90)77(67(61-84)97-80)98-79-73(91)70(88)69(87)65(59-82)95-79/h16,18,22,24,35,38,47,49,55,57,63-67,69-80,82-85,87-93H,3-15,17,19-21,23,25-34,36-37,39-46,48,50-54,56,58-62H2,1-2H3,(H,81,86)/b18-16-,24-22-,38-35-,49-47+,57-55+. The second-order valence-electron chi connectivity index (χ2n) is 28.5. The Kier molecular flexibility index (Phi) is 55.6. The van der Waals surface area contributed by atoms with Crippen LogP contribution in [0.4, 0.5) is 0 Å². The van der Waals surface area contributed by atoms with E-state index in [1.807, 2.05) is 6.08 Å². The second kappa shape index (κ2) is 60.7. The van der Waals surface area contributed by atoms with Gasteiger partial charge in [0.2, 0.25) is 5.91 Å². The van der Waals surface area contributed by atoms with Crippen LogP contribution in [0.1, 0.15) is 309 Å². The number of amides is 1. The fraction of sp³-hybridized carbons (Fsp3) is 0.863. The first-order valence-electron chi connectivity index (χ1n) is 40.0. The lowest BCUT2D eigenvalue weighted by Gasteiger charge is -2.48. The van der Waals surface area contributed by atoms with Crippen LogP contribution in [0.15, 0.2) is 60.8 Å². The number of allylic oxidation sites excluding steroid dienone is 9. The molecule has 0 aromatic carbocycles. The van der Waals surface area contributed by atoms with Gasteiger partial charge in [0.15, 0.2) is 18.9 Å². The average molecular weight is 1410 g/mol. The molecule has 19 nitrogen and oxygen atoms in total. The number of hydrogen-bond acceptors (Lipinski definition) is 18. The van der Waals surface area contributed by atoms with Crippen molar-refractivity contribution < 1.29 is 89.4 Å². The molecule has 0 aliphatic carbocycles. The molecular formula is C80H145NO18. The summed E-state index contributed by atoms with van der Waals surface area (Å²) < 4.78 is 34.4. The van der Waals surface area contributed by atoms with Crippen LogP contribution in [0.2, 0.25) is 0 Å². The number of aliphatic hydroxyl groups excluding tert-OH is 11. The second-order valence-corrected chi connectivity index (χ2v) is 28.5. The Balaban J connectivity index is 1.39. The zero-order valence-corrected chi connectivity index (χ0v) is 61.7. The van der Waals surface area contributed by atoms with Crippen molar-refractivity contribution in [3.63, 3.8) is 0 Å². The van der Waals surface area contributed by atoms with Gasteiger partial charge in [-0.15, -0.1) is 0 Å². The topological polar surface area (TPSA) is 307 Å². The quantitative estimate of drug-likeness (QED) is 0.0199. The number of ether oxygens (including phenoxy) is 6. The summed E-state index contributed by atoms with van der Waals surface area (Å²) >= 11 is 0. The van der Waals surface area contributed by atoms with Gasteiger partial charge in [0.05, 0.1) is 38.6 Å². The SMILES string of the molecule is CCCCCCC/C=C\C/C=C\C/C=C\CCCCCCCCCCC(=O)NC(COC1OC(CO)C(OC2OC(CO)C(OC3OC(CO)C(O)C(O)C3O)C(O)C2O)C(O)C1O)C(O)/C=C/CC/C=C/CCCCCCCCCCCCCCCCCCCCCCCCCCC. The maximum absolute atomic E-state index is 13.5. The van der Waals surface area contributed by atoms with Gasteiger partial charge in [-0.05, 0) is 70.6 Å². The van der Waals surface area contributed by atoms with Crippen molar-refractivity contribution in [2.75, 3.05) is 26.4 Å². The van der Waals surface area contributed by atoms with Crippen LogP contribution in [0.3, 0.4) is 0 Å². The molecule has 1 amide bonds. The highest BCUT2D eigenvalue weighted by Crippen LogP contribution is 2.33. The Bertz CT molecular complexity index is 2020. The summed E-state index contributed by atoms with van der Waals surface area (Å²) in [5.74, 6) is -0.291. The maximum Gasteiger partial charge on any atom is 0.220 e. The maximum atomic E-state index is 13.5. The van der Waals surface area contributed by atoms with E-state index in [-0.39, 0.29) is 18.9 Å². The first-order chi connectivity index (χ1) is 48.3. The van der Waals surface area contributed by atoms with Crippen molar-refractivity contribution in [1.29, 1.82) is 0 Å². The van der Waals surface area contributed by atoms with Crippen molar-refractivity contribution in [2.45, 2.75) is 413 Å². The first-order valence-corrected chi connectivity index (χ1v) is 40.0. The molecule has 19 heteroatoms. The van der Waals surface area contributed by atoms with E-state index in [4.69, 9.17) is 28.4 Å². The minimum atomic E-state index is -1.98. The van der Waals surface area contributed by atoms with Gasteiger partial charge in [0.1, 0.15) is 73.2 Å². The monoisotopic (exact) mass is 1410 g/mol. The van der Waals surface area contributed by atoms with Gasteiger partial charge >= 0.3 is 0 Å². The first kappa shape index (κ1) is 90.7. The highest BCUT2D eigenvalue weighted by molar-refractivity contribution is 5.76. The summed E-state index contributed by atoms with van der Waals surface area (Å²) in [6.07, 6.45) is 50.7. The Morgan fingerprint density at radius 2 is 0.677 bits per heavy atom. The molecule has 99 heavy (non-hydrogen) atoms. The summed E-state index contributed by atoms with van der Waals surface area (Å²) in [4.78, 5) is 13.5. The van der Waals surface area contributed by atoms with Crippen LogP contribution in [-0.4, -0.2) is 193 Å². The highest BCUT2D eigenvalue weighted by atomic mass is 16.8. The van der Waals surface area contributed by atoms with Gasteiger partial charge in [-0.25, -0.2) is 0 Å². The Hall–Kier alpha value is -2.51. The molecule has 3 aliphatic rings. The van der Waals surface area contributed by atoms with Gasteiger partial charge in [0, 0.05) is 6.42 Å². The number of rotatable bonds is 63. The predicted molar refractivity (Wildman–Crippen MR) is 392 cm³/mol. The molecule has 3 saturated heterocycles. The van der Waals surface area contributed by atoms with Crippen LogP contribution in [-0.2, 0) is 33.2 Å². The third-order valence-corrected chi connectivity index (χ3v) is 19.8. The smallest absolute Gasteiger partial charge is 0.220 e. The number of nitrogens with one attached hydrogen (secondary N) is 1. The number of unbranched alkanes of at least 4 members (excludes halogenated alkanes) is 39. The minimum absolute atomic E-state index is 0.225. The molecule has 3 fully saturated rings. The van der Waals surface area contributed by atoms with E-state index in [2.05, 4.69) is 67.8 Å². The van der Waals surface area contributed by atoms with Gasteiger partial charge < -0.3 is 89.9 Å². The Labute approximate surface area is 598 Å². The fourth-order valence-electron chi connectivity index (χ4n) is 13.3. The van der Waals surface area contributed by atoms with Crippen molar-refractivity contribution in [2.24, 2.45) is 0 Å². The van der Waals surface area contributed by atoms with Gasteiger partial charge in [-0.1, -0.05) is 293 Å². The molecule has 0 aromatic heterocycles.